The number of nitrogen functional groups attached to an aromatic ring is 1. The number of hydrogen-bond acceptors (Lipinski definition) is 5. The number of carbonyl (C=O) groups is 1. The predicted molar refractivity (Wildman–Crippen MR) is 81.1 cm³/mol. The average molecular weight is 361 g/mol. The molecule has 2 rings (SSSR count). The molecule has 0 fully saturated rings. The van der Waals surface area contributed by atoms with Gasteiger partial charge in [-0.05, 0) is 31.2 Å². The molecule has 0 aliphatic carbocycles. The van der Waals surface area contributed by atoms with E-state index in [0.717, 1.165) is 0 Å². The van der Waals surface area contributed by atoms with Crippen LogP contribution in [0.25, 0.3) is 0 Å². The molecule has 0 radical (unpaired) electrons. The molecule has 9 heteroatoms. The van der Waals surface area contributed by atoms with Gasteiger partial charge in [-0.15, -0.1) is 0 Å². The van der Waals surface area contributed by atoms with Crippen molar-refractivity contribution in [3.8, 4) is 11.6 Å². The average Bonchev–Trinajstić information content (AvgIpc) is 2.50. The van der Waals surface area contributed by atoms with Crippen LogP contribution in [0, 0.1) is 0 Å². The summed E-state index contributed by atoms with van der Waals surface area (Å²) in [6, 6.07) is 4.84. The van der Waals surface area contributed by atoms with Crippen LogP contribution in [0.15, 0.2) is 30.5 Å². The van der Waals surface area contributed by atoms with Crippen LogP contribution >= 0.6 is 11.6 Å². The minimum atomic E-state index is -4.58. The van der Waals surface area contributed by atoms with E-state index in [1.807, 2.05) is 0 Å². The van der Waals surface area contributed by atoms with Gasteiger partial charge in [0.2, 0.25) is 5.88 Å². The summed E-state index contributed by atoms with van der Waals surface area (Å²) in [5, 5.41) is -0.351. The summed E-state index contributed by atoms with van der Waals surface area (Å²) in [7, 11) is 0. The summed E-state index contributed by atoms with van der Waals surface area (Å²) in [6.45, 7) is 1.76. The standard InChI is InChI=1S/C15H12ClF3N2O3/c1-2-23-14(22)10-6-9(20)3-4-12(10)24-13-11(16)5-8(7-21-13)15(17,18)19/h3-7H,2,20H2,1H3. The topological polar surface area (TPSA) is 74.4 Å². The molecular weight excluding hydrogens is 349 g/mol. The maximum absolute atomic E-state index is 12.6. The van der Waals surface area contributed by atoms with Crippen LogP contribution in [0.1, 0.15) is 22.8 Å². The second-order valence-corrected chi connectivity index (χ2v) is 4.99. The van der Waals surface area contributed by atoms with Gasteiger partial charge in [0.05, 0.1) is 12.2 Å². The van der Waals surface area contributed by atoms with E-state index in [1.165, 1.54) is 18.2 Å². The number of aromatic nitrogens is 1. The number of ether oxygens (including phenoxy) is 2. The summed E-state index contributed by atoms with van der Waals surface area (Å²) in [5.74, 6) is -0.959. The van der Waals surface area contributed by atoms with Crippen LogP contribution in [-0.4, -0.2) is 17.6 Å². The maximum Gasteiger partial charge on any atom is 0.417 e. The third-order valence-electron chi connectivity index (χ3n) is 2.84. The van der Waals surface area contributed by atoms with Crippen molar-refractivity contribution in [3.63, 3.8) is 0 Å². The van der Waals surface area contributed by atoms with Gasteiger partial charge in [-0.2, -0.15) is 13.2 Å². The Labute approximate surface area is 140 Å². The number of nitrogens with zero attached hydrogens (tertiary/aromatic N) is 1. The molecule has 0 bridgehead atoms. The fraction of sp³-hybridized carbons (Fsp3) is 0.200. The van der Waals surface area contributed by atoms with E-state index in [1.54, 1.807) is 6.92 Å². The number of nitrogens with two attached hydrogens (primary N) is 1. The van der Waals surface area contributed by atoms with Gasteiger partial charge in [0.15, 0.2) is 0 Å². The highest BCUT2D eigenvalue weighted by molar-refractivity contribution is 6.31. The molecule has 24 heavy (non-hydrogen) atoms. The number of pyridine rings is 1. The highest BCUT2D eigenvalue weighted by Gasteiger charge is 2.32. The minimum absolute atomic E-state index is 0.00890. The lowest BCUT2D eigenvalue weighted by atomic mass is 10.2. The zero-order valence-corrected chi connectivity index (χ0v) is 13.1. The Kier molecular flexibility index (Phi) is 5.18. The molecule has 0 amide bonds. The third-order valence-corrected chi connectivity index (χ3v) is 3.11. The van der Waals surface area contributed by atoms with E-state index < -0.39 is 17.7 Å². The lowest BCUT2D eigenvalue weighted by Crippen LogP contribution is -2.08. The van der Waals surface area contributed by atoms with E-state index in [2.05, 4.69) is 4.98 Å². The van der Waals surface area contributed by atoms with Crippen LogP contribution in [-0.2, 0) is 10.9 Å². The molecule has 0 saturated heterocycles. The molecule has 0 spiro atoms. The van der Waals surface area contributed by atoms with Gasteiger partial charge in [0, 0.05) is 11.9 Å². The first-order chi connectivity index (χ1) is 11.2. The first kappa shape index (κ1) is 17.9. The second-order valence-electron chi connectivity index (χ2n) is 4.59. The normalized spacial score (nSPS) is 11.2. The first-order valence-corrected chi connectivity index (χ1v) is 7.07. The molecule has 128 valence electrons. The number of rotatable bonds is 4. The number of hydrogen-bond donors (Lipinski definition) is 1. The highest BCUT2D eigenvalue weighted by atomic mass is 35.5. The van der Waals surface area contributed by atoms with E-state index in [0.29, 0.717) is 12.3 Å². The molecule has 1 heterocycles. The van der Waals surface area contributed by atoms with Crippen molar-refractivity contribution < 1.29 is 27.4 Å². The van der Waals surface area contributed by atoms with Crippen molar-refractivity contribution >= 4 is 23.3 Å². The Hall–Kier alpha value is -2.48. The van der Waals surface area contributed by atoms with Crippen LogP contribution < -0.4 is 10.5 Å². The van der Waals surface area contributed by atoms with Gasteiger partial charge < -0.3 is 15.2 Å². The lowest BCUT2D eigenvalue weighted by Gasteiger charge is -2.13. The van der Waals surface area contributed by atoms with Crippen LogP contribution in [0.5, 0.6) is 11.6 Å². The van der Waals surface area contributed by atoms with Gasteiger partial charge in [0.25, 0.3) is 0 Å². The summed E-state index contributed by atoms with van der Waals surface area (Å²) in [4.78, 5) is 15.5. The van der Waals surface area contributed by atoms with Crippen molar-refractivity contribution in [1.29, 1.82) is 0 Å². The van der Waals surface area contributed by atoms with Crippen molar-refractivity contribution in [2.24, 2.45) is 0 Å². The minimum Gasteiger partial charge on any atom is -0.462 e. The molecule has 1 aromatic heterocycles. The number of esters is 1. The maximum atomic E-state index is 12.6. The van der Waals surface area contributed by atoms with Crippen LogP contribution in [0.2, 0.25) is 5.02 Å². The second kappa shape index (κ2) is 6.96. The fourth-order valence-corrected chi connectivity index (χ4v) is 1.97. The predicted octanol–water partition coefficient (Wildman–Crippen LogP) is 4.31. The molecule has 1 aromatic carbocycles. The molecule has 2 N–H and O–H groups in total. The number of alkyl halides is 3. The number of anilines is 1. The monoisotopic (exact) mass is 360 g/mol. The van der Waals surface area contributed by atoms with E-state index in [4.69, 9.17) is 26.8 Å². The van der Waals surface area contributed by atoms with Crippen LogP contribution in [0.4, 0.5) is 18.9 Å². The fourth-order valence-electron chi connectivity index (χ4n) is 1.76. The molecule has 0 unspecified atom stereocenters. The molecule has 0 aliphatic heterocycles. The van der Waals surface area contributed by atoms with Gasteiger partial charge in [-0.3, -0.25) is 0 Å². The molecule has 0 aliphatic rings. The van der Waals surface area contributed by atoms with E-state index >= 15 is 0 Å². The van der Waals surface area contributed by atoms with E-state index in [9.17, 15) is 18.0 Å². The van der Waals surface area contributed by atoms with Gasteiger partial charge in [-0.25, -0.2) is 9.78 Å². The Balaban J connectivity index is 2.36. The van der Waals surface area contributed by atoms with Crippen LogP contribution in [0.3, 0.4) is 0 Å². The summed E-state index contributed by atoms with van der Waals surface area (Å²) >= 11 is 5.78. The molecular formula is C15H12ClF3N2O3. The Morgan fingerprint density at radius 2 is 2.04 bits per heavy atom. The van der Waals surface area contributed by atoms with E-state index in [-0.39, 0.29) is 34.5 Å². The zero-order chi connectivity index (χ0) is 17.9. The summed E-state index contributed by atoms with van der Waals surface area (Å²) < 4.78 is 48.1. The van der Waals surface area contributed by atoms with Crippen molar-refractivity contribution in [1.82, 2.24) is 4.98 Å². The zero-order valence-electron chi connectivity index (χ0n) is 12.4. The first-order valence-electron chi connectivity index (χ1n) is 6.69. The van der Waals surface area contributed by atoms with Crippen molar-refractivity contribution in [2.45, 2.75) is 13.1 Å². The molecule has 0 atom stereocenters. The SMILES string of the molecule is CCOC(=O)c1cc(N)ccc1Oc1ncc(C(F)(F)F)cc1Cl. The largest absolute Gasteiger partial charge is 0.462 e. The Morgan fingerprint density at radius 3 is 2.62 bits per heavy atom. The molecule has 2 aromatic rings. The number of benzene rings is 1. The number of halogens is 4. The van der Waals surface area contributed by atoms with Gasteiger partial charge in [0.1, 0.15) is 16.3 Å². The summed E-state index contributed by atoms with van der Waals surface area (Å²) in [5.41, 5.74) is 4.91. The highest BCUT2D eigenvalue weighted by Crippen LogP contribution is 2.35. The smallest absolute Gasteiger partial charge is 0.417 e. The quantitative estimate of drug-likeness (QED) is 0.649. The van der Waals surface area contributed by atoms with Crippen molar-refractivity contribution in [2.75, 3.05) is 12.3 Å². The Bertz CT molecular complexity index is 766. The van der Waals surface area contributed by atoms with Crippen molar-refractivity contribution in [3.05, 3.63) is 46.6 Å². The van der Waals surface area contributed by atoms with Gasteiger partial charge >= 0.3 is 12.1 Å². The third kappa shape index (κ3) is 4.08. The molecule has 5 nitrogen and oxygen atoms in total. The number of carbonyl (C=O) groups excluding carboxylic acids is 1. The summed E-state index contributed by atoms with van der Waals surface area (Å²) in [6.07, 6.45) is -3.99. The molecule has 0 saturated carbocycles. The Morgan fingerprint density at radius 1 is 1.33 bits per heavy atom. The van der Waals surface area contributed by atoms with Gasteiger partial charge in [-0.1, -0.05) is 11.6 Å². The lowest BCUT2D eigenvalue weighted by molar-refractivity contribution is -0.137.